The molecule has 2 unspecified atom stereocenters. The molecular formula is C45H43N3P2S2. The van der Waals surface area contributed by atoms with Crippen LogP contribution in [-0.2, 0) is 23.6 Å². The summed E-state index contributed by atoms with van der Waals surface area (Å²) in [6.07, 6.45) is -2.42. The quantitative estimate of drug-likeness (QED) is 0.162. The first-order chi connectivity index (χ1) is 24.9. The van der Waals surface area contributed by atoms with Crippen LogP contribution in [0.25, 0.3) is 38.6 Å². The summed E-state index contributed by atoms with van der Waals surface area (Å²) >= 11 is 13.9. The molecule has 0 fully saturated rings. The van der Waals surface area contributed by atoms with E-state index in [0.717, 1.165) is 18.8 Å². The molecule has 2 aliphatic heterocycles. The fraction of sp³-hybridized carbons (Fsp3) is 0.200. The van der Waals surface area contributed by atoms with Gasteiger partial charge in [-0.3, -0.25) is 4.67 Å². The predicted molar refractivity (Wildman–Crippen MR) is 236 cm³/mol. The van der Waals surface area contributed by atoms with Crippen LogP contribution < -0.4 is 26.1 Å². The van der Waals surface area contributed by atoms with Gasteiger partial charge in [-0.05, 0) is 118 Å². The zero-order valence-corrected chi connectivity index (χ0v) is 34.3. The third-order valence-electron chi connectivity index (χ3n) is 11.3. The van der Waals surface area contributed by atoms with Gasteiger partial charge in [0.15, 0.2) is 0 Å². The Morgan fingerprint density at radius 1 is 0.538 bits per heavy atom. The van der Waals surface area contributed by atoms with Gasteiger partial charge in [0.05, 0.1) is 34.3 Å². The zero-order chi connectivity index (χ0) is 36.3. The van der Waals surface area contributed by atoms with E-state index in [1.807, 2.05) is 0 Å². The van der Waals surface area contributed by atoms with Gasteiger partial charge < -0.3 is 9.47 Å². The van der Waals surface area contributed by atoms with Crippen LogP contribution in [-0.4, -0.2) is 29.0 Å². The second-order valence-electron chi connectivity index (χ2n) is 14.7. The molecule has 0 bridgehead atoms. The summed E-state index contributed by atoms with van der Waals surface area (Å²) < 4.78 is 4.97. The van der Waals surface area contributed by atoms with E-state index in [1.54, 1.807) is 0 Å². The van der Waals surface area contributed by atoms with Crippen LogP contribution in [0.5, 0.6) is 0 Å². The van der Waals surface area contributed by atoms with Crippen molar-refractivity contribution in [1.82, 2.24) is 9.24 Å². The molecule has 0 saturated heterocycles. The Labute approximate surface area is 318 Å². The standard InChI is InChI=1S/C45H43N3P2S2/c1-8-46(9-2)50(52)42-25-31(6)13-21-40(42)48-39-20-12-30(5)24-41(39)49(7,51)43-26-33(27-44(50)45(43)48)32-14-16-34(17-15-32)47-37-18-10-28(3)22-35(37)36-23-29(4)11-19-38(36)47/h10-27H,8-9H2,1-7H3. The molecule has 52 heavy (non-hydrogen) atoms. The van der Waals surface area contributed by atoms with Gasteiger partial charge in [-0.2, -0.15) is 0 Å². The highest BCUT2D eigenvalue weighted by Crippen LogP contribution is 2.62. The van der Waals surface area contributed by atoms with Crippen LogP contribution in [0, 0.1) is 27.7 Å². The second-order valence-corrected chi connectivity index (χ2v) is 24.0. The number of rotatable bonds is 5. The molecule has 2 aliphatic rings. The Morgan fingerprint density at radius 2 is 1.04 bits per heavy atom. The van der Waals surface area contributed by atoms with Gasteiger partial charge in [0.25, 0.3) is 0 Å². The summed E-state index contributed by atoms with van der Waals surface area (Å²) in [5.41, 5.74) is 14.7. The average molecular weight is 752 g/mol. The lowest BCUT2D eigenvalue weighted by molar-refractivity contribution is 0.513. The van der Waals surface area contributed by atoms with Crippen LogP contribution in [0.3, 0.4) is 0 Å². The Morgan fingerprint density at radius 3 is 1.62 bits per heavy atom. The minimum Gasteiger partial charge on any atom is -0.309 e. The van der Waals surface area contributed by atoms with Crippen LogP contribution in [0.1, 0.15) is 36.1 Å². The van der Waals surface area contributed by atoms with Gasteiger partial charge in [-0.15, -0.1) is 0 Å². The maximum absolute atomic E-state index is 7.10. The van der Waals surface area contributed by atoms with Crippen LogP contribution in [0.2, 0.25) is 0 Å². The zero-order valence-electron chi connectivity index (χ0n) is 30.9. The number of anilines is 3. The van der Waals surface area contributed by atoms with E-state index >= 15 is 0 Å². The molecule has 3 heterocycles. The summed E-state index contributed by atoms with van der Waals surface area (Å²) in [5.74, 6) is 0. The third kappa shape index (κ3) is 4.80. The topological polar surface area (TPSA) is 11.4 Å². The predicted octanol–water partition coefficient (Wildman–Crippen LogP) is 10.5. The molecule has 6 aromatic carbocycles. The number of hydrogen-bond acceptors (Lipinski definition) is 3. The van der Waals surface area contributed by atoms with E-state index in [0.29, 0.717) is 0 Å². The Hall–Kier alpha value is -3.82. The van der Waals surface area contributed by atoms with Crippen molar-refractivity contribution in [2.75, 3.05) is 24.7 Å². The van der Waals surface area contributed by atoms with Crippen molar-refractivity contribution in [3.05, 3.63) is 131 Å². The van der Waals surface area contributed by atoms with E-state index in [2.05, 4.69) is 172 Å². The minimum absolute atomic E-state index is 0.892. The first-order valence-electron chi connectivity index (χ1n) is 18.2. The fourth-order valence-corrected chi connectivity index (χ4v) is 16.9. The normalized spacial score (nSPS) is 18.9. The van der Waals surface area contributed by atoms with Crippen molar-refractivity contribution < 1.29 is 0 Å². The van der Waals surface area contributed by atoms with E-state index in [9.17, 15) is 0 Å². The highest BCUT2D eigenvalue weighted by Gasteiger charge is 2.45. The first-order valence-corrected chi connectivity index (χ1v) is 24.2. The van der Waals surface area contributed by atoms with Crippen molar-refractivity contribution in [3.63, 3.8) is 0 Å². The van der Waals surface area contributed by atoms with Crippen molar-refractivity contribution >= 4 is 95.9 Å². The number of benzene rings is 6. The van der Waals surface area contributed by atoms with Gasteiger partial charge in [0, 0.05) is 56.8 Å². The van der Waals surface area contributed by atoms with E-state index < -0.39 is 12.2 Å². The molecule has 7 aromatic rings. The average Bonchev–Trinajstić information content (AvgIpc) is 3.44. The van der Waals surface area contributed by atoms with Crippen molar-refractivity contribution in [2.45, 2.75) is 41.5 Å². The maximum atomic E-state index is 7.10. The summed E-state index contributed by atoms with van der Waals surface area (Å²) in [6, 6.07) is 39.2. The molecule has 0 aliphatic carbocycles. The maximum Gasteiger partial charge on any atom is 0.0751 e. The molecule has 260 valence electrons. The van der Waals surface area contributed by atoms with Crippen LogP contribution in [0.4, 0.5) is 17.1 Å². The third-order valence-corrected chi connectivity index (χ3v) is 20.2. The Balaban J connectivity index is 1.30. The number of nitrogens with zero attached hydrogens (tertiary/aromatic N) is 3. The lowest BCUT2D eigenvalue weighted by Gasteiger charge is -2.48. The summed E-state index contributed by atoms with van der Waals surface area (Å²) in [4.78, 5) is 2.51. The first kappa shape index (κ1) is 34.0. The molecule has 1 aromatic heterocycles. The molecule has 2 atom stereocenters. The molecule has 3 nitrogen and oxygen atoms in total. The van der Waals surface area contributed by atoms with E-state index in [4.69, 9.17) is 23.6 Å². The largest absolute Gasteiger partial charge is 0.309 e. The van der Waals surface area contributed by atoms with Gasteiger partial charge in [-0.25, -0.2) is 0 Å². The highest BCUT2D eigenvalue weighted by atomic mass is 32.4. The van der Waals surface area contributed by atoms with Gasteiger partial charge >= 0.3 is 0 Å². The summed E-state index contributed by atoms with van der Waals surface area (Å²) in [6.45, 7) is 17.4. The highest BCUT2D eigenvalue weighted by molar-refractivity contribution is 8.22. The van der Waals surface area contributed by atoms with Crippen molar-refractivity contribution in [3.8, 4) is 16.8 Å². The van der Waals surface area contributed by atoms with Crippen molar-refractivity contribution in [2.24, 2.45) is 0 Å². The smallest absolute Gasteiger partial charge is 0.0751 e. The van der Waals surface area contributed by atoms with E-state index in [1.165, 1.54) is 93.5 Å². The van der Waals surface area contributed by atoms with Gasteiger partial charge in [-0.1, -0.05) is 96.1 Å². The summed E-state index contributed by atoms with van der Waals surface area (Å²) in [7, 11) is 0. The monoisotopic (exact) mass is 751 g/mol. The number of fused-ring (bicyclic) bond motifs is 7. The molecule has 9 rings (SSSR count). The molecule has 0 spiro atoms. The van der Waals surface area contributed by atoms with Gasteiger partial charge in [0.2, 0.25) is 0 Å². The molecule has 0 saturated carbocycles. The summed E-state index contributed by atoms with van der Waals surface area (Å²) in [5, 5.41) is 7.71. The number of hydrogen-bond donors (Lipinski definition) is 0. The SMILES string of the molecule is CCN(CC)P1(=S)c2cc(C)ccc2N2c3ccc(C)cc3P(C)(=S)c3cc(-c4ccc(-n5c6ccc(C)cc6c6cc(C)ccc65)cc4)cc1c32. The lowest BCUT2D eigenvalue weighted by Crippen LogP contribution is -2.45. The fourth-order valence-electron chi connectivity index (χ4n) is 8.67. The van der Waals surface area contributed by atoms with Crippen LogP contribution >= 0.6 is 12.2 Å². The Kier molecular flexibility index (Phi) is 7.91. The number of aryl methyl sites for hydroxylation is 4. The van der Waals surface area contributed by atoms with E-state index in [-0.39, 0.29) is 0 Å². The molecule has 0 N–H and O–H groups in total. The number of aromatic nitrogens is 1. The molecular weight excluding hydrogens is 709 g/mol. The van der Waals surface area contributed by atoms with Crippen molar-refractivity contribution in [1.29, 1.82) is 0 Å². The second kappa shape index (κ2) is 12.1. The molecule has 7 heteroatoms. The molecule has 0 radical (unpaired) electrons. The molecule has 0 amide bonds. The Bertz CT molecular complexity index is 2680. The van der Waals surface area contributed by atoms with Crippen LogP contribution in [0.15, 0.2) is 109 Å². The lowest BCUT2D eigenvalue weighted by atomic mass is 10.0. The minimum atomic E-state index is -2.42. The van der Waals surface area contributed by atoms with Gasteiger partial charge in [0.1, 0.15) is 0 Å².